The Bertz CT molecular complexity index is 627. The number of nitrogens with one attached hydrogen (secondary N) is 1. The molecular formula is C16H18N2. The maximum absolute atomic E-state index is 3.74. The summed E-state index contributed by atoms with van der Waals surface area (Å²) in [4.78, 5) is 6.49. The van der Waals surface area contributed by atoms with Gasteiger partial charge in [0.15, 0.2) is 0 Å². The third kappa shape index (κ3) is 1.08. The van der Waals surface area contributed by atoms with Crippen LogP contribution in [0.4, 0.5) is 0 Å². The first-order valence-corrected chi connectivity index (χ1v) is 7.23. The minimum absolute atomic E-state index is 0.786. The summed E-state index contributed by atoms with van der Waals surface area (Å²) in [6, 6.07) is 9.68. The molecule has 0 spiro atoms. The van der Waals surface area contributed by atoms with Gasteiger partial charge in [-0.2, -0.15) is 0 Å². The number of piperidine rings is 1. The molecule has 0 radical (unpaired) electrons. The van der Waals surface area contributed by atoms with Crippen LogP contribution in [-0.2, 0) is 6.42 Å². The second-order valence-corrected chi connectivity index (χ2v) is 6.32. The highest BCUT2D eigenvalue weighted by atomic mass is 15.2. The number of nitrogens with zero attached hydrogens (tertiary/aromatic N) is 1. The Morgan fingerprint density at radius 1 is 1.17 bits per heavy atom. The van der Waals surface area contributed by atoms with Crippen LogP contribution in [0.25, 0.3) is 10.9 Å². The number of aromatic nitrogens is 1. The standard InChI is InChI=1S/C16H18N2/c1-2-4-14-11(3-1)12-5-6-18-9-10-7-13(15(18)8-10)16(12)17-14/h1-4,10,13,15,17H,5-9H2/t10-,13+,15-/m0/s1. The molecule has 1 saturated carbocycles. The maximum atomic E-state index is 3.74. The van der Waals surface area contributed by atoms with Gasteiger partial charge in [0.1, 0.15) is 0 Å². The lowest BCUT2D eigenvalue weighted by Gasteiger charge is -2.30. The van der Waals surface area contributed by atoms with Gasteiger partial charge in [-0.25, -0.2) is 0 Å². The second kappa shape index (κ2) is 3.18. The van der Waals surface area contributed by atoms with Crippen LogP contribution in [-0.4, -0.2) is 29.0 Å². The number of hydrogen-bond acceptors (Lipinski definition) is 1. The molecule has 18 heavy (non-hydrogen) atoms. The van der Waals surface area contributed by atoms with E-state index in [0.717, 1.165) is 17.9 Å². The third-order valence-electron chi connectivity index (χ3n) is 5.45. The van der Waals surface area contributed by atoms with Crippen molar-refractivity contribution in [2.75, 3.05) is 13.1 Å². The molecule has 1 aliphatic carbocycles. The third-order valence-corrected chi connectivity index (χ3v) is 5.45. The molecule has 2 aromatic rings. The predicted octanol–water partition coefficient (Wildman–Crippen LogP) is 2.90. The summed E-state index contributed by atoms with van der Waals surface area (Å²) in [6.45, 7) is 2.63. The average molecular weight is 238 g/mol. The molecule has 3 atom stereocenters. The minimum Gasteiger partial charge on any atom is -0.358 e. The molecule has 2 nitrogen and oxygen atoms in total. The fraction of sp³-hybridized carbons (Fsp3) is 0.500. The number of hydrogen-bond donors (Lipinski definition) is 1. The Labute approximate surface area is 107 Å². The summed E-state index contributed by atoms with van der Waals surface area (Å²) in [5.74, 6) is 1.76. The van der Waals surface area contributed by atoms with Gasteiger partial charge in [-0.15, -0.1) is 0 Å². The van der Waals surface area contributed by atoms with E-state index in [9.17, 15) is 0 Å². The molecular weight excluding hydrogens is 220 g/mol. The first-order chi connectivity index (χ1) is 8.90. The van der Waals surface area contributed by atoms with Crippen molar-refractivity contribution in [2.45, 2.75) is 31.2 Å². The highest BCUT2D eigenvalue weighted by Crippen LogP contribution is 2.50. The quantitative estimate of drug-likeness (QED) is 0.747. The Morgan fingerprint density at radius 3 is 3.06 bits per heavy atom. The summed E-state index contributed by atoms with van der Waals surface area (Å²) in [7, 11) is 0. The van der Waals surface area contributed by atoms with Crippen molar-refractivity contribution in [3.8, 4) is 0 Å². The van der Waals surface area contributed by atoms with Crippen LogP contribution in [0.1, 0.15) is 30.0 Å². The molecule has 2 aliphatic heterocycles. The van der Waals surface area contributed by atoms with Crippen LogP contribution in [0.2, 0.25) is 0 Å². The van der Waals surface area contributed by atoms with E-state index in [1.165, 1.54) is 43.3 Å². The molecule has 1 aromatic heterocycles. The Morgan fingerprint density at radius 2 is 2.11 bits per heavy atom. The van der Waals surface area contributed by atoms with Crippen LogP contribution < -0.4 is 0 Å². The molecule has 2 heteroatoms. The van der Waals surface area contributed by atoms with E-state index in [-0.39, 0.29) is 0 Å². The zero-order chi connectivity index (χ0) is 11.7. The lowest BCUT2D eigenvalue weighted by Crippen LogP contribution is -2.36. The monoisotopic (exact) mass is 238 g/mol. The van der Waals surface area contributed by atoms with Gasteiger partial charge in [-0.1, -0.05) is 18.2 Å². The van der Waals surface area contributed by atoms with Crippen molar-refractivity contribution in [3.63, 3.8) is 0 Å². The number of H-pyrrole nitrogens is 1. The van der Waals surface area contributed by atoms with Gasteiger partial charge < -0.3 is 4.98 Å². The molecule has 0 amide bonds. The van der Waals surface area contributed by atoms with Gasteiger partial charge in [-0.3, -0.25) is 4.90 Å². The summed E-state index contributed by atoms with van der Waals surface area (Å²) in [5, 5.41) is 1.47. The first kappa shape index (κ1) is 9.62. The van der Waals surface area contributed by atoms with Crippen LogP contribution >= 0.6 is 0 Å². The lowest BCUT2D eigenvalue weighted by atomic mass is 9.93. The van der Waals surface area contributed by atoms with Crippen LogP contribution in [0.5, 0.6) is 0 Å². The second-order valence-electron chi connectivity index (χ2n) is 6.32. The summed E-state index contributed by atoms with van der Waals surface area (Å²) >= 11 is 0. The van der Waals surface area contributed by atoms with E-state index >= 15 is 0 Å². The van der Waals surface area contributed by atoms with Gasteiger partial charge in [-0.05, 0) is 36.8 Å². The van der Waals surface area contributed by atoms with Crippen molar-refractivity contribution in [1.29, 1.82) is 0 Å². The highest BCUT2D eigenvalue weighted by molar-refractivity contribution is 5.85. The zero-order valence-corrected chi connectivity index (χ0v) is 10.5. The van der Waals surface area contributed by atoms with E-state index < -0.39 is 0 Å². The predicted molar refractivity (Wildman–Crippen MR) is 72.8 cm³/mol. The molecule has 5 rings (SSSR count). The Balaban J connectivity index is 1.76. The van der Waals surface area contributed by atoms with Crippen LogP contribution in [0.15, 0.2) is 24.3 Å². The molecule has 92 valence electrons. The number of aromatic amines is 1. The topological polar surface area (TPSA) is 19.0 Å². The number of fused-ring (bicyclic) bond motifs is 5. The van der Waals surface area contributed by atoms with Gasteiger partial charge in [0.25, 0.3) is 0 Å². The lowest BCUT2D eigenvalue weighted by molar-refractivity contribution is 0.201. The fourth-order valence-corrected chi connectivity index (χ4v) is 4.77. The van der Waals surface area contributed by atoms with Crippen molar-refractivity contribution < 1.29 is 0 Å². The van der Waals surface area contributed by atoms with Gasteiger partial charge in [0.05, 0.1) is 0 Å². The summed E-state index contributed by atoms with van der Waals surface area (Å²) in [5.41, 5.74) is 4.54. The zero-order valence-electron chi connectivity index (χ0n) is 10.5. The Kier molecular flexibility index (Phi) is 1.70. The SMILES string of the molecule is c1ccc2c3c([nH]c2c1)[C@@H]1C[C@H]2C[C@@H]1N(CC3)C2. The van der Waals surface area contributed by atoms with E-state index in [2.05, 4.69) is 34.1 Å². The normalized spacial score (nSPS) is 33.9. The average Bonchev–Trinajstić information content (AvgIpc) is 3.06. The minimum atomic E-state index is 0.786. The van der Waals surface area contributed by atoms with E-state index in [1.54, 1.807) is 11.3 Å². The Hall–Kier alpha value is -1.28. The molecule has 2 fully saturated rings. The van der Waals surface area contributed by atoms with Crippen molar-refractivity contribution in [3.05, 3.63) is 35.5 Å². The number of para-hydroxylation sites is 1. The largest absolute Gasteiger partial charge is 0.358 e. The molecule has 3 aliphatic rings. The molecule has 1 N–H and O–H groups in total. The maximum Gasteiger partial charge on any atom is 0.0459 e. The number of benzene rings is 1. The van der Waals surface area contributed by atoms with Gasteiger partial charge in [0, 0.05) is 41.6 Å². The van der Waals surface area contributed by atoms with Crippen LogP contribution in [0, 0.1) is 5.92 Å². The van der Waals surface area contributed by atoms with E-state index in [4.69, 9.17) is 0 Å². The van der Waals surface area contributed by atoms with Crippen LogP contribution in [0.3, 0.4) is 0 Å². The molecule has 2 bridgehead atoms. The smallest absolute Gasteiger partial charge is 0.0459 e. The van der Waals surface area contributed by atoms with Crippen molar-refractivity contribution in [2.24, 2.45) is 5.92 Å². The molecule has 0 unspecified atom stereocenters. The molecule has 1 aromatic carbocycles. The van der Waals surface area contributed by atoms with Crippen molar-refractivity contribution in [1.82, 2.24) is 9.88 Å². The molecule has 3 heterocycles. The fourth-order valence-electron chi connectivity index (χ4n) is 4.77. The summed E-state index contributed by atoms with van der Waals surface area (Å²) in [6.07, 6.45) is 4.10. The van der Waals surface area contributed by atoms with E-state index in [0.29, 0.717) is 0 Å². The van der Waals surface area contributed by atoms with Gasteiger partial charge >= 0.3 is 0 Å². The summed E-state index contributed by atoms with van der Waals surface area (Å²) < 4.78 is 0. The van der Waals surface area contributed by atoms with Gasteiger partial charge in [0.2, 0.25) is 0 Å². The van der Waals surface area contributed by atoms with Crippen molar-refractivity contribution >= 4 is 10.9 Å². The highest BCUT2D eigenvalue weighted by Gasteiger charge is 2.47. The molecule has 1 saturated heterocycles. The first-order valence-electron chi connectivity index (χ1n) is 7.23. The van der Waals surface area contributed by atoms with E-state index in [1.807, 2.05) is 0 Å². The number of rotatable bonds is 0.